The van der Waals surface area contributed by atoms with Crippen molar-refractivity contribution in [1.29, 1.82) is 0 Å². The average molecular weight is 420 g/mol. The Hall–Kier alpha value is -2.81. The molecule has 0 bridgehead atoms. The van der Waals surface area contributed by atoms with Gasteiger partial charge in [-0.05, 0) is 48.6 Å². The lowest BCUT2D eigenvalue weighted by Gasteiger charge is -2.03. The SMILES string of the molecule is O=[N+]([O-])c1ccccc1/C=C\C=N/n1c(-c2ccc(Cl)cc2Cl)n[nH]c1=S. The molecule has 0 aliphatic carbocycles. The molecule has 1 heterocycles. The summed E-state index contributed by atoms with van der Waals surface area (Å²) < 4.78 is 1.67. The molecule has 0 amide bonds. The van der Waals surface area contributed by atoms with Crippen LogP contribution in [-0.2, 0) is 0 Å². The molecule has 0 spiro atoms. The van der Waals surface area contributed by atoms with Gasteiger partial charge in [0.2, 0.25) is 4.77 Å². The van der Waals surface area contributed by atoms with Gasteiger partial charge in [-0.1, -0.05) is 35.3 Å². The predicted octanol–water partition coefficient (Wildman–Crippen LogP) is 5.37. The van der Waals surface area contributed by atoms with Gasteiger partial charge in [0.05, 0.1) is 15.5 Å². The molecular weight excluding hydrogens is 409 g/mol. The molecule has 0 saturated carbocycles. The van der Waals surface area contributed by atoms with Gasteiger partial charge < -0.3 is 0 Å². The largest absolute Gasteiger partial charge is 0.276 e. The number of nitrogens with one attached hydrogen (secondary N) is 1. The molecule has 1 N–H and O–H groups in total. The summed E-state index contributed by atoms with van der Waals surface area (Å²) in [7, 11) is 0. The highest BCUT2D eigenvalue weighted by Gasteiger charge is 2.12. The second kappa shape index (κ2) is 8.26. The summed E-state index contributed by atoms with van der Waals surface area (Å²) in [5.74, 6) is 0.414. The number of para-hydroxylation sites is 1. The topological polar surface area (TPSA) is 89.1 Å². The third-order valence-electron chi connectivity index (χ3n) is 3.50. The summed E-state index contributed by atoms with van der Waals surface area (Å²) in [6, 6.07) is 11.4. The number of rotatable bonds is 5. The molecule has 27 heavy (non-hydrogen) atoms. The Morgan fingerprint density at radius 2 is 2.04 bits per heavy atom. The second-order valence-corrected chi connectivity index (χ2v) is 6.46. The van der Waals surface area contributed by atoms with Gasteiger partial charge in [0, 0.05) is 22.9 Å². The van der Waals surface area contributed by atoms with Gasteiger partial charge in [-0.25, -0.2) is 5.10 Å². The van der Waals surface area contributed by atoms with Gasteiger partial charge in [-0.15, -0.1) is 0 Å². The molecule has 0 fully saturated rings. The van der Waals surface area contributed by atoms with E-state index in [-0.39, 0.29) is 10.5 Å². The maximum absolute atomic E-state index is 11.0. The quantitative estimate of drug-likeness (QED) is 0.260. The molecule has 136 valence electrons. The number of benzene rings is 2. The van der Waals surface area contributed by atoms with Crippen LogP contribution in [0.4, 0.5) is 5.69 Å². The first-order valence-corrected chi connectivity index (χ1v) is 8.71. The molecule has 0 saturated heterocycles. The molecule has 0 aliphatic heterocycles. The number of aromatic amines is 1. The monoisotopic (exact) mass is 419 g/mol. The van der Waals surface area contributed by atoms with Crippen molar-refractivity contribution in [2.24, 2.45) is 5.10 Å². The van der Waals surface area contributed by atoms with Gasteiger partial charge in [-0.2, -0.15) is 14.9 Å². The minimum absolute atomic E-state index is 0.00991. The number of H-pyrrole nitrogens is 1. The van der Waals surface area contributed by atoms with Crippen LogP contribution in [0.2, 0.25) is 10.0 Å². The fourth-order valence-corrected chi connectivity index (χ4v) is 2.96. The van der Waals surface area contributed by atoms with E-state index in [1.807, 2.05) is 0 Å². The zero-order chi connectivity index (χ0) is 19.4. The van der Waals surface area contributed by atoms with Crippen LogP contribution in [0.3, 0.4) is 0 Å². The van der Waals surface area contributed by atoms with Crippen molar-refractivity contribution in [3.05, 3.63) is 79.0 Å². The first kappa shape index (κ1) is 19.0. The molecule has 2 aromatic carbocycles. The third-order valence-corrected chi connectivity index (χ3v) is 4.31. The molecule has 0 unspecified atom stereocenters. The van der Waals surface area contributed by atoms with E-state index in [4.69, 9.17) is 35.4 Å². The van der Waals surface area contributed by atoms with Crippen molar-refractivity contribution < 1.29 is 4.92 Å². The molecule has 0 atom stereocenters. The van der Waals surface area contributed by atoms with Crippen LogP contribution in [0, 0.1) is 14.9 Å². The van der Waals surface area contributed by atoms with E-state index in [1.54, 1.807) is 48.6 Å². The number of nitrogens with zero attached hydrogens (tertiary/aromatic N) is 4. The van der Waals surface area contributed by atoms with E-state index >= 15 is 0 Å². The Balaban J connectivity index is 1.90. The number of halogens is 2. The van der Waals surface area contributed by atoms with Crippen LogP contribution in [0.15, 0.2) is 53.6 Å². The van der Waals surface area contributed by atoms with Crippen LogP contribution in [0.5, 0.6) is 0 Å². The van der Waals surface area contributed by atoms with Crippen LogP contribution in [0.25, 0.3) is 17.5 Å². The lowest BCUT2D eigenvalue weighted by Crippen LogP contribution is -1.94. The first-order chi connectivity index (χ1) is 13.0. The minimum Gasteiger partial charge on any atom is -0.258 e. The summed E-state index contributed by atoms with van der Waals surface area (Å²) >= 11 is 17.3. The number of allylic oxidation sites excluding steroid dienone is 1. The number of hydrogen-bond donors (Lipinski definition) is 1. The molecule has 3 aromatic rings. The minimum atomic E-state index is -0.441. The van der Waals surface area contributed by atoms with Crippen molar-refractivity contribution in [2.75, 3.05) is 0 Å². The zero-order valence-electron chi connectivity index (χ0n) is 13.5. The Labute approximate surface area is 168 Å². The van der Waals surface area contributed by atoms with E-state index < -0.39 is 4.92 Å². The van der Waals surface area contributed by atoms with Crippen LogP contribution < -0.4 is 0 Å². The Morgan fingerprint density at radius 3 is 2.78 bits per heavy atom. The summed E-state index contributed by atoms with van der Waals surface area (Å²) in [4.78, 5) is 10.6. The average Bonchev–Trinajstić information content (AvgIpc) is 2.99. The second-order valence-electron chi connectivity index (χ2n) is 5.23. The predicted molar refractivity (Wildman–Crippen MR) is 109 cm³/mol. The van der Waals surface area contributed by atoms with E-state index in [0.29, 0.717) is 27.0 Å². The maximum Gasteiger partial charge on any atom is 0.276 e. The smallest absolute Gasteiger partial charge is 0.258 e. The molecular formula is C17H11Cl2N5O2S. The number of aromatic nitrogens is 3. The van der Waals surface area contributed by atoms with Gasteiger partial charge in [0.15, 0.2) is 5.82 Å². The standard InChI is InChI=1S/C17H11Cl2N5O2S/c18-12-7-8-13(14(19)10-12)16-21-22-17(27)23(16)20-9-3-5-11-4-1-2-6-15(11)24(25)26/h1-10H,(H,22,27)/b5-3-,20-9-. The van der Waals surface area contributed by atoms with Gasteiger partial charge in [0.25, 0.3) is 5.69 Å². The Morgan fingerprint density at radius 1 is 1.26 bits per heavy atom. The highest BCUT2D eigenvalue weighted by atomic mass is 35.5. The van der Waals surface area contributed by atoms with E-state index in [1.165, 1.54) is 17.0 Å². The lowest BCUT2D eigenvalue weighted by molar-refractivity contribution is -0.385. The normalized spacial score (nSPS) is 11.5. The fraction of sp³-hybridized carbons (Fsp3) is 0. The lowest BCUT2D eigenvalue weighted by atomic mass is 10.2. The molecule has 0 aliphatic rings. The van der Waals surface area contributed by atoms with Crippen LogP contribution in [0.1, 0.15) is 5.56 Å². The van der Waals surface area contributed by atoms with Crippen molar-refractivity contribution >= 4 is 53.4 Å². The molecule has 10 heteroatoms. The molecule has 0 radical (unpaired) electrons. The van der Waals surface area contributed by atoms with E-state index in [9.17, 15) is 10.1 Å². The van der Waals surface area contributed by atoms with E-state index in [2.05, 4.69) is 15.3 Å². The highest BCUT2D eigenvalue weighted by molar-refractivity contribution is 7.71. The summed E-state index contributed by atoms with van der Waals surface area (Å²) in [5.41, 5.74) is 1.08. The summed E-state index contributed by atoms with van der Waals surface area (Å²) in [5, 5.41) is 23.0. The fourth-order valence-electron chi connectivity index (χ4n) is 2.29. The van der Waals surface area contributed by atoms with Gasteiger partial charge in [-0.3, -0.25) is 10.1 Å². The van der Waals surface area contributed by atoms with Crippen LogP contribution in [-0.4, -0.2) is 26.0 Å². The van der Waals surface area contributed by atoms with Crippen molar-refractivity contribution in [3.63, 3.8) is 0 Å². The molecule has 3 rings (SSSR count). The van der Waals surface area contributed by atoms with Crippen molar-refractivity contribution in [2.45, 2.75) is 0 Å². The Kier molecular flexibility index (Phi) is 5.80. The zero-order valence-corrected chi connectivity index (χ0v) is 15.9. The van der Waals surface area contributed by atoms with E-state index in [0.717, 1.165) is 0 Å². The number of nitro groups is 1. The van der Waals surface area contributed by atoms with Crippen LogP contribution >= 0.6 is 35.4 Å². The number of hydrogen-bond acceptors (Lipinski definition) is 5. The molecule has 1 aromatic heterocycles. The summed E-state index contributed by atoms with van der Waals surface area (Å²) in [6.07, 6.45) is 4.61. The first-order valence-electron chi connectivity index (χ1n) is 7.54. The van der Waals surface area contributed by atoms with Crippen molar-refractivity contribution in [1.82, 2.24) is 14.9 Å². The molecule has 7 nitrogen and oxygen atoms in total. The maximum atomic E-state index is 11.0. The third kappa shape index (κ3) is 4.30. The highest BCUT2D eigenvalue weighted by Crippen LogP contribution is 2.29. The Bertz CT molecular complexity index is 1120. The van der Waals surface area contributed by atoms with Gasteiger partial charge >= 0.3 is 0 Å². The summed E-state index contributed by atoms with van der Waals surface area (Å²) in [6.45, 7) is 0. The van der Waals surface area contributed by atoms with Gasteiger partial charge in [0.1, 0.15) is 0 Å². The number of nitro benzene ring substituents is 1. The van der Waals surface area contributed by atoms with Crippen molar-refractivity contribution in [3.8, 4) is 11.4 Å².